The van der Waals surface area contributed by atoms with Gasteiger partial charge in [-0.15, -0.1) is 0 Å². The summed E-state index contributed by atoms with van der Waals surface area (Å²) in [6.45, 7) is 2.11. The lowest BCUT2D eigenvalue weighted by Gasteiger charge is -2.07. The van der Waals surface area contributed by atoms with Gasteiger partial charge in [0.25, 0.3) is 0 Å². The van der Waals surface area contributed by atoms with Gasteiger partial charge in [0.2, 0.25) is 0 Å². The zero-order valence-electron chi connectivity index (χ0n) is 11.0. The molecule has 4 heteroatoms. The van der Waals surface area contributed by atoms with Crippen LogP contribution in [0.4, 0.5) is 5.69 Å². The molecule has 0 bridgehead atoms. The molecule has 19 heavy (non-hydrogen) atoms. The number of hydrogen-bond acceptors (Lipinski definition) is 3. The first-order chi connectivity index (χ1) is 9.22. The smallest absolute Gasteiger partial charge is 0.359 e. The van der Waals surface area contributed by atoms with E-state index in [1.54, 1.807) is 6.92 Å². The number of esters is 1. The number of rotatable bonds is 4. The Kier molecular flexibility index (Phi) is 4.13. The molecule has 0 unspecified atom stereocenters. The van der Waals surface area contributed by atoms with Gasteiger partial charge in [-0.2, -0.15) is 0 Å². The lowest BCUT2D eigenvalue weighted by atomic mass is 10.2. The molecule has 0 N–H and O–H groups in total. The second kappa shape index (κ2) is 6.00. The molecule has 1 aromatic heterocycles. The lowest BCUT2D eigenvalue weighted by molar-refractivity contribution is -0.134. The maximum Gasteiger partial charge on any atom is 0.359 e. The summed E-state index contributed by atoms with van der Waals surface area (Å²) in [5.41, 5.74) is 1.79. The van der Waals surface area contributed by atoms with E-state index in [2.05, 4.69) is 4.99 Å². The predicted octanol–water partition coefficient (Wildman–Crippen LogP) is 2.71. The van der Waals surface area contributed by atoms with Crippen LogP contribution in [0.1, 0.15) is 12.6 Å². The van der Waals surface area contributed by atoms with E-state index < -0.39 is 5.97 Å². The van der Waals surface area contributed by atoms with Gasteiger partial charge in [-0.05, 0) is 31.2 Å². The zero-order valence-corrected chi connectivity index (χ0v) is 11.0. The molecule has 0 spiro atoms. The molecular weight excluding hydrogens is 240 g/mol. The largest absolute Gasteiger partial charge is 0.461 e. The van der Waals surface area contributed by atoms with E-state index in [0.29, 0.717) is 12.3 Å². The average Bonchev–Trinajstić information content (AvgIpc) is 2.83. The minimum atomic E-state index is -0.409. The van der Waals surface area contributed by atoms with Crippen LogP contribution >= 0.6 is 0 Å². The molecule has 0 atom stereocenters. The third-order valence-corrected chi connectivity index (χ3v) is 2.65. The summed E-state index contributed by atoms with van der Waals surface area (Å²) in [4.78, 5) is 16.4. The van der Waals surface area contributed by atoms with Gasteiger partial charge in [-0.3, -0.25) is 0 Å². The highest BCUT2D eigenvalue weighted by molar-refractivity contribution is 6.43. The zero-order chi connectivity index (χ0) is 13.7. The van der Waals surface area contributed by atoms with Crippen LogP contribution in [0.2, 0.25) is 0 Å². The summed E-state index contributed by atoms with van der Waals surface area (Å²) < 4.78 is 6.92. The minimum absolute atomic E-state index is 0.320. The van der Waals surface area contributed by atoms with E-state index >= 15 is 0 Å². The van der Waals surface area contributed by atoms with Crippen LogP contribution in [0.15, 0.2) is 53.7 Å². The maximum absolute atomic E-state index is 12.0. The molecule has 0 saturated heterocycles. The molecule has 1 aromatic carbocycles. The van der Waals surface area contributed by atoms with Gasteiger partial charge < -0.3 is 9.30 Å². The highest BCUT2D eigenvalue weighted by Gasteiger charge is 2.17. The molecule has 0 fully saturated rings. The Balaban J connectivity index is 2.43. The van der Waals surface area contributed by atoms with Crippen molar-refractivity contribution in [2.24, 2.45) is 12.0 Å². The van der Waals surface area contributed by atoms with Gasteiger partial charge in [-0.1, -0.05) is 18.2 Å². The van der Waals surface area contributed by atoms with Crippen LogP contribution in [0, 0.1) is 0 Å². The molecule has 0 radical (unpaired) electrons. The summed E-state index contributed by atoms with van der Waals surface area (Å²) in [6.07, 6.45) is 1.87. The number of para-hydroxylation sites is 1. The molecule has 2 aromatic rings. The third kappa shape index (κ3) is 3.10. The molecule has 98 valence electrons. The first kappa shape index (κ1) is 13.1. The summed E-state index contributed by atoms with van der Waals surface area (Å²) >= 11 is 0. The number of hydrogen-bond donors (Lipinski definition) is 0. The van der Waals surface area contributed by atoms with Crippen molar-refractivity contribution in [1.29, 1.82) is 0 Å². The number of aromatic nitrogens is 1. The average molecular weight is 256 g/mol. The van der Waals surface area contributed by atoms with Gasteiger partial charge in [0, 0.05) is 13.2 Å². The number of aliphatic imine (C=N–C) groups is 1. The van der Waals surface area contributed by atoms with Crippen molar-refractivity contribution in [2.45, 2.75) is 6.92 Å². The van der Waals surface area contributed by atoms with E-state index in [1.807, 2.05) is 60.3 Å². The first-order valence-corrected chi connectivity index (χ1v) is 6.15. The topological polar surface area (TPSA) is 43.6 Å². The van der Waals surface area contributed by atoms with Gasteiger partial charge in [-0.25, -0.2) is 9.79 Å². The number of benzene rings is 1. The van der Waals surface area contributed by atoms with Crippen molar-refractivity contribution in [3.63, 3.8) is 0 Å². The van der Waals surface area contributed by atoms with E-state index in [0.717, 1.165) is 11.4 Å². The Morgan fingerprint density at radius 2 is 1.95 bits per heavy atom. The fourth-order valence-corrected chi connectivity index (χ4v) is 1.75. The second-order valence-corrected chi connectivity index (χ2v) is 4.02. The van der Waals surface area contributed by atoms with Crippen molar-refractivity contribution in [2.75, 3.05) is 6.61 Å². The molecule has 0 saturated carbocycles. The van der Waals surface area contributed by atoms with Crippen LogP contribution in [0.25, 0.3) is 0 Å². The Labute approximate surface area is 112 Å². The number of carbonyl (C=O) groups is 1. The first-order valence-electron chi connectivity index (χ1n) is 6.15. The van der Waals surface area contributed by atoms with Crippen LogP contribution in [0.3, 0.4) is 0 Å². The second-order valence-electron chi connectivity index (χ2n) is 4.02. The van der Waals surface area contributed by atoms with Crippen LogP contribution in [-0.2, 0) is 16.6 Å². The van der Waals surface area contributed by atoms with Crippen molar-refractivity contribution in [3.8, 4) is 0 Å². The SMILES string of the molecule is CCOC(=O)C(=Nc1ccccc1)c1cccn1C. The quantitative estimate of drug-likeness (QED) is 0.623. The summed E-state index contributed by atoms with van der Waals surface area (Å²) in [5.74, 6) is -0.409. The fraction of sp³-hybridized carbons (Fsp3) is 0.200. The van der Waals surface area contributed by atoms with Crippen LogP contribution in [-0.4, -0.2) is 22.9 Å². The lowest BCUT2D eigenvalue weighted by Crippen LogP contribution is -2.21. The number of ether oxygens (including phenoxy) is 1. The molecule has 1 heterocycles. The van der Waals surface area contributed by atoms with E-state index in [9.17, 15) is 4.79 Å². The Morgan fingerprint density at radius 1 is 1.21 bits per heavy atom. The standard InChI is InChI=1S/C15H16N2O2/c1-3-19-15(18)14(13-10-7-11-17(13)2)16-12-8-5-4-6-9-12/h4-11H,3H2,1-2H3. The monoisotopic (exact) mass is 256 g/mol. The molecule has 4 nitrogen and oxygen atoms in total. The van der Waals surface area contributed by atoms with Crippen molar-refractivity contribution < 1.29 is 9.53 Å². The van der Waals surface area contributed by atoms with E-state index in [-0.39, 0.29) is 0 Å². The molecule has 0 amide bonds. The van der Waals surface area contributed by atoms with Gasteiger partial charge >= 0.3 is 5.97 Å². The summed E-state index contributed by atoms with van der Waals surface area (Å²) in [6, 6.07) is 13.1. The highest BCUT2D eigenvalue weighted by atomic mass is 16.5. The minimum Gasteiger partial charge on any atom is -0.461 e. The molecule has 0 aliphatic rings. The van der Waals surface area contributed by atoms with Crippen LogP contribution < -0.4 is 0 Å². The maximum atomic E-state index is 12.0. The fourth-order valence-electron chi connectivity index (χ4n) is 1.75. The molecule has 0 aliphatic heterocycles. The molecular formula is C15H16N2O2. The van der Waals surface area contributed by atoms with Crippen LogP contribution in [0.5, 0.6) is 0 Å². The third-order valence-electron chi connectivity index (χ3n) is 2.65. The number of nitrogens with zero attached hydrogens (tertiary/aromatic N) is 2. The van der Waals surface area contributed by atoms with Gasteiger partial charge in [0.15, 0.2) is 5.71 Å². The van der Waals surface area contributed by atoms with Gasteiger partial charge in [0.1, 0.15) is 0 Å². The normalized spacial score (nSPS) is 11.4. The van der Waals surface area contributed by atoms with E-state index in [1.165, 1.54) is 0 Å². The number of aryl methyl sites for hydroxylation is 1. The van der Waals surface area contributed by atoms with Gasteiger partial charge in [0.05, 0.1) is 18.0 Å². The summed E-state index contributed by atoms with van der Waals surface area (Å²) in [5, 5.41) is 0. The van der Waals surface area contributed by atoms with E-state index in [4.69, 9.17) is 4.74 Å². The van der Waals surface area contributed by atoms with Crippen molar-refractivity contribution >= 4 is 17.4 Å². The van der Waals surface area contributed by atoms with Crippen molar-refractivity contribution in [3.05, 3.63) is 54.4 Å². The number of carbonyl (C=O) groups excluding carboxylic acids is 1. The predicted molar refractivity (Wildman–Crippen MR) is 74.7 cm³/mol. The Morgan fingerprint density at radius 3 is 2.53 bits per heavy atom. The van der Waals surface area contributed by atoms with Crippen molar-refractivity contribution in [1.82, 2.24) is 4.57 Å². The summed E-state index contributed by atoms with van der Waals surface area (Å²) in [7, 11) is 1.87. The highest BCUT2D eigenvalue weighted by Crippen LogP contribution is 2.14. The molecule has 0 aliphatic carbocycles. The molecule has 2 rings (SSSR count). The Bertz CT molecular complexity index is 585. The Hall–Kier alpha value is -2.36.